The molecule has 1 aromatic carbocycles. The number of hydrogen-bond donors (Lipinski definition) is 3. The summed E-state index contributed by atoms with van der Waals surface area (Å²) in [7, 11) is 0. The first-order chi connectivity index (χ1) is 11.0. The van der Waals surface area contributed by atoms with Crippen molar-refractivity contribution in [1.29, 1.82) is 0 Å². The molecule has 0 bridgehead atoms. The Bertz CT molecular complexity index is 540. The van der Waals surface area contributed by atoms with Crippen molar-refractivity contribution in [3.05, 3.63) is 29.8 Å². The van der Waals surface area contributed by atoms with Crippen LogP contribution in [0.4, 0.5) is 5.69 Å². The number of carbonyl (C=O) groups excluding carboxylic acids is 2. The second-order valence-corrected chi connectivity index (χ2v) is 6.62. The maximum Gasteiger partial charge on any atom is 0.227 e. The molecule has 0 unspecified atom stereocenters. The van der Waals surface area contributed by atoms with Gasteiger partial charge in [0, 0.05) is 17.6 Å². The number of nitrogens with two attached hydrogens (primary N) is 1. The van der Waals surface area contributed by atoms with Crippen LogP contribution in [-0.4, -0.2) is 24.4 Å². The van der Waals surface area contributed by atoms with Crippen molar-refractivity contribution in [2.75, 3.05) is 11.9 Å². The maximum absolute atomic E-state index is 12.3. The average Bonchev–Trinajstić information content (AvgIpc) is 2.97. The highest BCUT2D eigenvalue weighted by molar-refractivity contribution is 5.93. The molecule has 5 heteroatoms. The zero-order valence-corrected chi connectivity index (χ0v) is 14.0. The van der Waals surface area contributed by atoms with Gasteiger partial charge in [-0.25, -0.2) is 0 Å². The molecule has 1 aromatic rings. The van der Waals surface area contributed by atoms with Crippen LogP contribution in [0.3, 0.4) is 0 Å². The normalized spacial score (nSPS) is 20.5. The Morgan fingerprint density at radius 3 is 2.52 bits per heavy atom. The van der Waals surface area contributed by atoms with Crippen LogP contribution in [0, 0.1) is 11.8 Å². The van der Waals surface area contributed by atoms with E-state index in [0.717, 1.165) is 30.5 Å². The fraction of sp³-hybridized carbons (Fsp3) is 0.556. The van der Waals surface area contributed by atoms with Crippen molar-refractivity contribution < 1.29 is 9.59 Å². The van der Waals surface area contributed by atoms with Gasteiger partial charge < -0.3 is 16.4 Å². The van der Waals surface area contributed by atoms with Crippen molar-refractivity contribution in [1.82, 2.24) is 5.32 Å². The van der Waals surface area contributed by atoms with E-state index in [-0.39, 0.29) is 23.8 Å². The summed E-state index contributed by atoms with van der Waals surface area (Å²) >= 11 is 0. The topological polar surface area (TPSA) is 84.2 Å². The number of anilines is 1. The van der Waals surface area contributed by atoms with Crippen LogP contribution in [0.15, 0.2) is 24.3 Å². The summed E-state index contributed by atoms with van der Waals surface area (Å²) < 4.78 is 0. The summed E-state index contributed by atoms with van der Waals surface area (Å²) in [5, 5.41) is 5.83. The van der Waals surface area contributed by atoms with E-state index in [1.54, 1.807) is 0 Å². The summed E-state index contributed by atoms with van der Waals surface area (Å²) in [5.41, 5.74) is 7.44. The molecule has 2 atom stereocenters. The summed E-state index contributed by atoms with van der Waals surface area (Å²) in [4.78, 5) is 24.1. The van der Waals surface area contributed by atoms with Gasteiger partial charge in [0.15, 0.2) is 0 Å². The van der Waals surface area contributed by atoms with E-state index >= 15 is 0 Å². The third-order valence-corrected chi connectivity index (χ3v) is 4.33. The molecule has 2 amide bonds. The molecule has 0 radical (unpaired) electrons. The second-order valence-electron chi connectivity index (χ2n) is 6.62. The molecule has 0 aliphatic heterocycles. The first-order valence-electron chi connectivity index (χ1n) is 8.39. The molecule has 0 spiro atoms. The van der Waals surface area contributed by atoms with Crippen LogP contribution < -0.4 is 16.4 Å². The quantitative estimate of drug-likeness (QED) is 0.751. The number of carbonyl (C=O) groups is 2. The first-order valence-corrected chi connectivity index (χ1v) is 8.39. The smallest absolute Gasteiger partial charge is 0.227 e. The highest BCUT2D eigenvalue weighted by atomic mass is 16.2. The van der Waals surface area contributed by atoms with Crippen LogP contribution in [0.5, 0.6) is 0 Å². The molecule has 1 aliphatic carbocycles. The molecule has 2 rings (SSSR count). The van der Waals surface area contributed by atoms with Crippen molar-refractivity contribution in [2.24, 2.45) is 17.6 Å². The van der Waals surface area contributed by atoms with Crippen LogP contribution in [0.25, 0.3) is 0 Å². The largest absolute Gasteiger partial charge is 0.354 e. The van der Waals surface area contributed by atoms with E-state index in [0.29, 0.717) is 18.9 Å². The molecule has 0 aromatic heterocycles. The lowest BCUT2D eigenvalue weighted by Gasteiger charge is -2.17. The molecular formula is C18H27N3O2. The van der Waals surface area contributed by atoms with E-state index in [1.807, 2.05) is 38.1 Å². The Morgan fingerprint density at radius 2 is 1.91 bits per heavy atom. The van der Waals surface area contributed by atoms with Gasteiger partial charge in [0.05, 0.1) is 6.42 Å². The van der Waals surface area contributed by atoms with Gasteiger partial charge in [-0.05, 0) is 56.8 Å². The van der Waals surface area contributed by atoms with E-state index in [1.165, 1.54) is 0 Å². The van der Waals surface area contributed by atoms with E-state index in [2.05, 4.69) is 10.6 Å². The third-order valence-electron chi connectivity index (χ3n) is 4.33. The number of amides is 2. The minimum atomic E-state index is 0.00790. The van der Waals surface area contributed by atoms with Crippen LogP contribution >= 0.6 is 0 Å². The van der Waals surface area contributed by atoms with Crippen molar-refractivity contribution in [2.45, 2.75) is 45.6 Å². The lowest BCUT2D eigenvalue weighted by atomic mass is 9.95. The van der Waals surface area contributed by atoms with E-state index < -0.39 is 0 Å². The number of rotatable bonds is 6. The van der Waals surface area contributed by atoms with Gasteiger partial charge in [-0.2, -0.15) is 0 Å². The lowest BCUT2D eigenvalue weighted by Crippen LogP contribution is -2.31. The van der Waals surface area contributed by atoms with Gasteiger partial charge in [-0.3, -0.25) is 9.59 Å². The molecular weight excluding hydrogens is 290 g/mol. The lowest BCUT2D eigenvalue weighted by molar-refractivity contribution is -0.121. The second kappa shape index (κ2) is 8.11. The van der Waals surface area contributed by atoms with E-state index in [9.17, 15) is 9.59 Å². The summed E-state index contributed by atoms with van der Waals surface area (Å²) in [6, 6.07) is 7.60. The minimum Gasteiger partial charge on any atom is -0.354 e. The van der Waals surface area contributed by atoms with Gasteiger partial charge in [0.1, 0.15) is 0 Å². The van der Waals surface area contributed by atoms with Crippen molar-refractivity contribution in [3.8, 4) is 0 Å². The molecule has 1 fully saturated rings. The summed E-state index contributed by atoms with van der Waals surface area (Å²) in [5.74, 6) is 0.391. The van der Waals surface area contributed by atoms with Crippen LogP contribution in [0.2, 0.25) is 0 Å². The summed E-state index contributed by atoms with van der Waals surface area (Å²) in [6.45, 7) is 4.45. The molecule has 5 nitrogen and oxygen atoms in total. The van der Waals surface area contributed by atoms with Gasteiger partial charge in [0.25, 0.3) is 0 Å². The van der Waals surface area contributed by atoms with Gasteiger partial charge in [-0.15, -0.1) is 0 Å². The molecule has 1 aliphatic rings. The Kier molecular flexibility index (Phi) is 6.16. The number of benzene rings is 1. The fourth-order valence-electron chi connectivity index (χ4n) is 3.16. The summed E-state index contributed by atoms with van der Waals surface area (Å²) in [6.07, 6.45) is 3.38. The zero-order valence-electron chi connectivity index (χ0n) is 14.0. The molecule has 0 saturated heterocycles. The molecule has 0 heterocycles. The standard InChI is InChI=1S/C18H27N3O2/c1-12(2)20-17(22)10-13-6-8-15(9-7-13)21-18(23)16-5-3-4-14(16)11-19/h6-9,12,14,16H,3-5,10-11,19H2,1-2H3,(H,20,22)(H,21,23)/t14-,16-/m1/s1. The maximum atomic E-state index is 12.3. The monoisotopic (exact) mass is 317 g/mol. The molecule has 4 N–H and O–H groups in total. The average molecular weight is 317 g/mol. The van der Waals surface area contributed by atoms with Crippen LogP contribution in [0.1, 0.15) is 38.7 Å². The van der Waals surface area contributed by atoms with Gasteiger partial charge >= 0.3 is 0 Å². The highest BCUT2D eigenvalue weighted by Gasteiger charge is 2.31. The predicted molar refractivity (Wildman–Crippen MR) is 91.9 cm³/mol. The fourth-order valence-corrected chi connectivity index (χ4v) is 3.16. The van der Waals surface area contributed by atoms with E-state index in [4.69, 9.17) is 5.73 Å². The number of nitrogens with one attached hydrogen (secondary N) is 2. The minimum absolute atomic E-state index is 0.00790. The SMILES string of the molecule is CC(C)NC(=O)Cc1ccc(NC(=O)[C@@H]2CCC[C@@H]2CN)cc1. The Hall–Kier alpha value is -1.88. The van der Waals surface area contributed by atoms with Gasteiger partial charge in [-0.1, -0.05) is 18.6 Å². The zero-order chi connectivity index (χ0) is 16.8. The van der Waals surface area contributed by atoms with Crippen molar-refractivity contribution >= 4 is 17.5 Å². The van der Waals surface area contributed by atoms with Crippen molar-refractivity contribution in [3.63, 3.8) is 0 Å². The Morgan fingerprint density at radius 1 is 1.22 bits per heavy atom. The molecule has 1 saturated carbocycles. The van der Waals surface area contributed by atoms with Crippen LogP contribution in [-0.2, 0) is 16.0 Å². The Labute approximate surface area is 138 Å². The Balaban J connectivity index is 1.89. The first kappa shape index (κ1) is 17.5. The molecule has 23 heavy (non-hydrogen) atoms. The molecule has 126 valence electrons. The third kappa shape index (κ3) is 5.06. The van der Waals surface area contributed by atoms with Gasteiger partial charge in [0.2, 0.25) is 11.8 Å². The number of hydrogen-bond acceptors (Lipinski definition) is 3. The predicted octanol–water partition coefficient (Wildman–Crippen LogP) is 2.07. The highest BCUT2D eigenvalue weighted by Crippen LogP contribution is 2.31.